The highest BCUT2D eigenvalue weighted by Crippen LogP contribution is 2.09. The number of hydrogen-bond donors (Lipinski definition) is 3. The molecule has 5 nitrogen and oxygen atoms in total. The van der Waals surface area contributed by atoms with Gasteiger partial charge in [-0.15, -0.1) is 0 Å². The summed E-state index contributed by atoms with van der Waals surface area (Å²) in [6, 6.07) is 11.6. The van der Waals surface area contributed by atoms with Crippen molar-refractivity contribution in [3.63, 3.8) is 0 Å². The van der Waals surface area contributed by atoms with Crippen LogP contribution in [0.15, 0.2) is 42.5 Å². The Balaban J connectivity index is 1.74. The van der Waals surface area contributed by atoms with Crippen molar-refractivity contribution in [1.82, 2.24) is 10.6 Å². The van der Waals surface area contributed by atoms with Gasteiger partial charge in [0.15, 0.2) is 0 Å². The van der Waals surface area contributed by atoms with Gasteiger partial charge in [-0.1, -0.05) is 24.3 Å². The maximum atomic E-state index is 13.2. The van der Waals surface area contributed by atoms with E-state index in [1.165, 1.54) is 6.07 Å². The quantitative estimate of drug-likeness (QED) is 0.789. The van der Waals surface area contributed by atoms with Gasteiger partial charge in [0.1, 0.15) is 5.82 Å². The molecule has 126 valence electrons. The van der Waals surface area contributed by atoms with E-state index in [0.717, 1.165) is 11.1 Å². The molecule has 0 aliphatic heterocycles. The molecular weight excluding hydrogens is 309 g/mol. The van der Waals surface area contributed by atoms with Crippen molar-refractivity contribution in [3.8, 4) is 0 Å². The fourth-order valence-corrected chi connectivity index (χ4v) is 2.14. The van der Waals surface area contributed by atoms with Crippen molar-refractivity contribution in [2.45, 2.75) is 20.4 Å². The molecule has 0 fully saturated rings. The summed E-state index contributed by atoms with van der Waals surface area (Å²) in [7, 11) is 0. The Bertz CT molecular complexity index is 747. The van der Waals surface area contributed by atoms with Gasteiger partial charge in [-0.3, -0.25) is 4.79 Å². The minimum atomic E-state index is -0.451. The van der Waals surface area contributed by atoms with Gasteiger partial charge in [-0.05, 0) is 48.7 Å². The predicted molar refractivity (Wildman–Crippen MR) is 91.2 cm³/mol. The summed E-state index contributed by atoms with van der Waals surface area (Å²) in [5, 5.41) is 7.81. The van der Waals surface area contributed by atoms with E-state index in [1.807, 2.05) is 25.1 Å². The van der Waals surface area contributed by atoms with Crippen molar-refractivity contribution < 1.29 is 14.0 Å². The highest BCUT2D eigenvalue weighted by molar-refractivity contribution is 5.92. The summed E-state index contributed by atoms with van der Waals surface area (Å²) in [6.07, 6.45) is 0. The smallest absolute Gasteiger partial charge is 0.319 e. The predicted octanol–water partition coefficient (Wildman–Crippen LogP) is 2.88. The average Bonchev–Trinajstić information content (AvgIpc) is 2.54. The van der Waals surface area contributed by atoms with Crippen LogP contribution in [0.4, 0.5) is 14.9 Å². The molecule has 2 aromatic carbocycles. The van der Waals surface area contributed by atoms with Gasteiger partial charge in [-0.2, -0.15) is 0 Å². The molecule has 24 heavy (non-hydrogen) atoms. The number of urea groups is 1. The second-order valence-corrected chi connectivity index (χ2v) is 5.54. The van der Waals surface area contributed by atoms with Crippen LogP contribution in [0.2, 0.25) is 0 Å². The van der Waals surface area contributed by atoms with Crippen molar-refractivity contribution >= 4 is 17.6 Å². The fraction of sp³-hybridized carbons (Fsp3) is 0.222. The maximum Gasteiger partial charge on any atom is 0.319 e. The van der Waals surface area contributed by atoms with Gasteiger partial charge < -0.3 is 16.0 Å². The Labute approximate surface area is 140 Å². The first kappa shape index (κ1) is 17.5. The number of aryl methyl sites for hydroxylation is 2. The molecule has 0 unspecified atom stereocenters. The third kappa shape index (κ3) is 5.39. The van der Waals surface area contributed by atoms with Gasteiger partial charge in [0.05, 0.1) is 6.54 Å². The zero-order chi connectivity index (χ0) is 17.5. The van der Waals surface area contributed by atoms with Gasteiger partial charge in [-0.25, -0.2) is 9.18 Å². The van der Waals surface area contributed by atoms with Crippen LogP contribution in [0.1, 0.15) is 16.7 Å². The number of halogens is 1. The van der Waals surface area contributed by atoms with Crippen LogP contribution in [-0.4, -0.2) is 18.5 Å². The third-order valence-corrected chi connectivity index (χ3v) is 3.40. The van der Waals surface area contributed by atoms with E-state index in [1.54, 1.807) is 25.1 Å². The lowest BCUT2D eigenvalue weighted by Crippen LogP contribution is -2.38. The lowest BCUT2D eigenvalue weighted by Gasteiger charge is -2.09. The minimum Gasteiger partial charge on any atom is -0.350 e. The van der Waals surface area contributed by atoms with E-state index in [-0.39, 0.29) is 24.8 Å². The normalized spacial score (nSPS) is 10.1. The highest BCUT2D eigenvalue weighted by atomic mass is 19.1. The number of nitrogens with one attached hydrogen (secondary N) is 3. The van der Waals surface area contributed by atoms with Gasteiger partial charge >= 0.3 is 6.03 Å². The van der Waals surface area contributed by atoms with E-state index in [2.05, 4.69) is 16.0 Å². The molecule has 0 atom stereocenters. The first-order chi connectivity index (χ1) is 11.4. The highest BCUT2D eigenvalue weighted by Gasteiger charge is 2.06. The molecule has 0 aromatic heterocycles. The van der Waals surface area contributed by atoms with E-state index in [4.69, 9.17) is 0 Å². The standard InChI is InChI=1S/C18H20FN3O2/c1-12-4-3-5-15(8-12)22-18(24)21-11-17(23)20-10-14-6-7-16(19)13(2)9-14/h3-9H,10-11H2,1-2H3,(H,20,23)(H2,21,22,24). The van der Waals surface area contributed by atoms with Crippen LogP contribution in [0.3, 0.4) is 0 Å². The number of rotatable bonds is 5. The first-order valence-corrected chi connectivity index (χ1v) is 7.57. The summed E-state index contributed by atoms with van der Waals surface area (Å²) >= 11 is 0. The number of hydrogen-bond acceptors (Lipinski definition) is 2. The molecule has 0 aliphatic carbocycles. The van der Waals surface area contributed by atoms with E-state index < -0.39 is 6.03 Å². The molecule has 0 aliphatic rings. The SMILES string of the molecule is Cc1cccc(NC(=O)NCC(=O)NCc2ccc(F)c(C)c2)c1. The van der Waals surface area contributed by atoms with Crippen LogP contribution in [-0.2, 0) is 11.3 Å². The van der Waals surface area contributed by atoms with Crippen molar-refractivity contribution in [1.29, 1.82) is 0 Å². The molecule has 3 amide bonds. The molecule has 0 saturated heterocycles. The fourth-order valence-electron chi connectivity index (χ4n) is 2.14. The van der Waals surface area contributed by atoms with Gasteiger partial charge in [0.2, 0.25) is 5.91 Å². The van der Waals surface area contributed by atoms with Crippen molar-refractivity contribution in [3.05, 3.63) is 65.0 Å². The molecular formula is C18H20FN3O2. The largest absolute Gasteiger partial charge is 0.350 e. The van der Waals surface area contributed by atoms with Crippen molar-refractivity contribution in [2.24, 2.45) is 0 Å². The Hall–Kier alpha value is -2.89. The summed E-state index contributed by atoms with van der Waals surface area (Å²) in [6.45, 7) is 3.73. The van der Waals surface area contributed by atoms with Gasteiger partial charge in [0, 0.05) is 12.2 Å². The molecule has 0 radical (unpaired) electrons. The first-order valence-electron chi connectivity index (χ1n) is 7.57. The molecule has 0 bridgehead atoms. The number of carbonyl (C=O) groups is 2. The number of anilines is 1. The lowest BCUT2D eigenvalue weighted by atomic mass is 10.1. The summed E-state index contributed by atoms with van der Waals surface area (Å²) in [4.78, 5) is 23.5. The zero-order valence-electron chi connectivity index (χ0n) is 13.7. The molecule has 0 saturated carbocycles. The topological polar surface area (TPSA) is 70.2 Å². The summed E-state index contributed by atoms with van der Waals surface area (Å²) in [5.41, 5.74) is 3.01. The molecule has 2 aromatic rings. The number of amides is 3. The maximum absolute atomic E-state index is 13.2. The number of carbonyl (C=O) groups excluding carboxylic acids is 2. The van der Waals surface area contributed by atoms with Crippen LogP contribution in [0, 0.1) is 19.7 Å². The Kier molecular flexibility index (Phi) is 5.89. The second-order valence-electron chi connectivity index (χ2n) is 5.54. The Morgan fingerprint density at radius 3 is 2.54 bits per heavy atom. The van der Waals surface area contributed by atoms with E-state index in [0.29, 0.717) is 11.3 Å². The monoisotopic (exact) mass is 329 g/mol. The van der Waals surface area contributed by atoms with Gasteiger partial charge in [0.25, 0.3) is 0 Å². The van der Waals surface area contributed by atoms with Crippen LogP contribution in [0.25, 0.3) is 0 Å². The summed E-state index contributed by atoms with van der Waals surface area (Å²) in [5.74, 6) is -0.601. The molecule has 2 rings (SSSR count). The third-order valence-electron chi connectivity index (χ3n) is 3.40. The average molecular weight is 329 g/mol. The van der Waals surface area contributed by atoms with Crippen LogP contribution in [0.5, 0.6) is 0 Å². The Morgan fingerprint density at radius 1 is 1.04 bits per heavy atom. The van der Waals surface area contributed by atoms with Crippen LogP contribution < -0.4 is 16.0 Å². The van der Waals surface area contributed by atoms with Crippen molar-refractivity contribution in [2.75, 3.05) is 11.9 Å². The summed E-state index contributed by atoms with van der Waals surface area (Å²) < 4.78 is 13.2. The lowest BCUT2D eigenvalue weighted by molar-refractivity contribution is -0.120. The molecule has 0 heterocycles. The number of benzene rings is 2. The molecule has 3 N–H and O–H groups in total. The van der Waals surface area contributed by atoms with Crippen LogP contribution >= 0.6 is 0 Å². The van der Waals surface area contributed by atoms with E-state index in [9.17, 15) is 14.0 Å². The minimum absolute atomic E-state index is 0.141. The van der Waals surface area contributed by atoms with E-state index >= 15 is 0 Å². The zero-order valence-corrected chi connectivity index (χ0v) is 13.7. The second kappa shape index (κ2) is 8.10. The Morgan fingerprint density at radius 2 is 1.83 bits per heavy atom. The molecule has 6 heteroatoms. The molecule has 0 spiro atoms.